The summed E-state index contributed by atoms with van der Waals surface area (Å²) >= 11 is 0.883. The third-order valence-electron chi connectivity index (χ3n) is 4.99. The average molecular weight is 509 g/mol. The Bertz CT molecular complexity index is 1510. The minimum atomic E-state index is -0.736. The summed E-state index contributed by atoms with van der Waals surface area (Å²) in [5.41, 5.74) is 0.691. The molecular formula is C25H21FN4O5S. The molecule has 0 fully saturated rings. The number of amides is 2. The number of rotatable bonds is 7. The zero-order valence-corrected chi connectivity index (χ0v) is 20.1. The van der Waals surface area contributed by atoms with Gasteiger partial charge in [-0.15, -0.1) is 0 Å². The molecule has 184 valence electrons. The number of hydrogen-bond donors (Lipinski definition) is 2. The zero-order chi connectivity index (χ0) is 25.8. The molecule has 2 heterocycles. The molecule has 0 radical (unpaired) electrons. The lowest BCUT2D eigenvalue weighted by atomic mass is 10.2. The first-order valence-corrected chi connectivity index (χ1v) is 11.8. The first-order chi connectivity index (χ1) is 17.3. The maximum Gasteiger partial charge on any atom is 0.338 e. The van der Waals surface area contributed by atoms with E-state index in [4.69, 9.17) is 4.74 Å². The van der Waals surface area contributed by atoms with Crippen molar-refractivity contribution in [1.29, 1.82) is 0 Å². The molecule has 4 aromatic rings. The van der Waals surface area contributed by atoms with Crippen LogP contribution in [-0.4, -0.2) is 33.8 Å². The van der Waals surface area contributed by atoms with Crippen LogP contribution in [0.3, 0.4) is 0 Å². The fourth-order valence-electron chi connectivity index (χ4n) is 3.32. The number of anilines is 2. The van der Waals surface area contributed by atoms with E-state index >= 15 is 0 Å². The Morgan fingerprint density at radius 3 is 2.25 bits per heavy atom. The normalized spacial score (nSPS) is 10.8. The molecular weight excluding hydrogens is 487 g/mol. The molecule has 2 amide bonds. The highest BCUT2D eigenvalue weighted by molar-refractivity contribution is 7.19. The third kappa shape index (κ3) is 5.31. The van der Waals surface area contributed by atoms with Crippen LogP contribution < -0.4 is 16.2 Å². The fraction of sp³-hybridized carbons (Fsp3) is 0.160. The number of nitrogens with zero attached hydrogens (tertiary/aromatic N) is 2. The summed E-state index contributed by atoms with van der Waals surface area (Å²) in [7, 11) is 0. The van der Waals surface area contributed by atoms with Crippen LogP contribution in [0, 0.1) is 12.7 Å². The Labute approximate surface area is 208 Å². The highest BCUT2D eigenvalue weighted by Crippen LogP contribution is 2.24. The molecule has 4 rings (SSSR count). The van der Waals surface area contributed by atoms with E-state index in [9.17, 15) is 23.6 Å². The molecule has 9 nitrogen and oxygen atoms in total. The number of fused-ring (bicyclic) bond motifs is 1. The van der Waals surface area contributed by atoms with Gasteiger partial charge in [0.15, 0.2) is 4.96 Å². The number of thiazole rings is 1. The lowest BCUT2D eigenvalue weighted by Gasteiger charge is -2.09. The number of hydrogen-bond acceptors (Lipinski definition) is 7. The van der Waals surface area contributed by atoms with Crippen LogP contribution in [0.15, 0.2) is 59.4 Å². The number of aryl methyl sites for hydroxylation is 1. The van der Waals surface area contributed by atoms with Gasteiger partial charge in [0.05, 0.1) is 12.2 Å². The van der Waals surface area contributed by atoms with Crippen molar-refractivity contribution in [2.75, 3.05) is 17.2 Å². The maximum atomic E-state index is 13.3. The topological polar surface area (TPSA) is 119 Å². The van der Waals surface area contributed by atoms with Crippen molar-refractivity contribution in [2.24, 2.45) is 0 Å². The molecule has 0 saturated carbocycles. The van der Waals surface area contributed by atoms with Gasteiger partial charge in [0.25, 0.3) is 17.4 Å². The van der Waals surface area contributed by atoms with Gasteiger partial charge >= 0.3 is 5.97 Å². The maximum absolute atomic E-state index is 13.3. The first kappa shape index (κ1) is 24.7. The summed E-state index contributed by atoms with van der Waals surface area (Å²) < 4.78 is 19.4. The monoisotopic (exact) mass is 508 g/mol. The van der Waals surface area contributed by atoms with Crippen molar-refractivity contribution in [3.05, 3.63) is 92.6 Å². The second kappa shape index (κ2) is 10.5. The van der Waals surface area contributed by atoms with Crippen LogP contribution in [0.2, 0.25) is 0 Å². The Morgan fingerprint density at radius 1 is 1.00 bits per heavy atom. The molecule has 0 atom stereocenters. The van der Waals surface area contributed by atoms with Crippen LogP contribution in [0.1, 0.15) is 49.6 Å². The van der Waals surface area contributed by atoms with Gasteiger partial charge in [-0.2, -0.15) is 0 Å². The summed E-state index contributed by atoms with van der Waals surface area (Å²) in [5, 5.41) is 5.26. The summed E-state index contributed by atoms with van der Waals surface area (Å²) in [5.74, 6) is -2.33. The number of ether oxygens (including phenoxy) is 1. The standard InChI is InChI=1S/C25H21FN4O5S/c1-3-12-35-24(34)15-4-8-17(9-5-15)29-23(33)21-20(22(32)28-18-10-6-16(26)7-11-18)30-19(31)13-14(2)27-25(30)36-21/h4-11,13H,3,12H2,1-2H3,(H,28,32)(H,29,33). The van der Waals surface area contributed by atoms with Crippen molar-refractivity contribution >= 4 is 45.5 Å². The molecule has 2 aromatic heterocycles. The third-order valence-corrected chi connectivity index (χ3v) is 6.03. The van der Waals surface area contributed by atoms with E-state index in [0.29, 0.717) is 30.0 Å². The molecule has 0 aliphatic heterocycles. The number of nitrogens with one attached hydrogen (secondary N) is 2. The second-order valence-corrected chi connectivity index (χ2v) is 8.74. The number of carbonyl (C=O) groups is 3. The van der Waals surface area contributed by atoms with Crippen LogP contribution in [0.4, 0.5) is 15.8 Å². The lowest BCUT2D eigenvalue weighted by Crippen LogP contribution is -2.25. The predicted molar refractivity (Wildman–Crippen MR) is 133 cm³/mol. The predicted octanol–water partition coefficient (Wildman–Crippen LogP) is 4.27. The van der Waals surface area contributed by atoms with Gasteiger partial charge in [0.1, 0.15) is 16.4 Å². The number of benzene rings is 2. The Morgan fingerprint density at radius 2 is 1.61 bits per heavy atom. The van der Waals surface area contributed by atoms with Crippen molar-refractivity contribution in [3.8, 4) is 0 Å². The molecule has 0 aliphatic rings. The van der Waals surface area contributed by atoms with E-state index < -0.39 is 29.2 Å². The quantitative estimate of drug-likeness (QED) is 0.360. The van der Waals surface area contributed by atoms with E-state index in [-0.39, 0.29) is 21.2 Å². The van der Waals surface area contributed by atoms with Gasteiger partial charge in [0, 0.05) is 23.1 Å². The highest BCUT2D eigenvalue weighted by Gasteiger charge is 2.26. The fourth-order valence-corrected chi connectivity index (χ4v) is 4.39. The van der Waals surface area contributed by atoms with E-state index in [0.717, 1.165) is 15.7 Å². The molecule has 0 bridgehead atoms. The SMILES string of the molecule is CCCOC(=O)c1ccc(NC(=O)c2sc3nc(C)cc(=O)n3c2C(=O)Nc2ccc(F)cc2)cc1. The first-order valence-electron chi connectivity index (χ1n) is 11.0. The average Bonchev–Trinajstić information content (AvgIpc) is 3.24. The molecule has 2 N–H and O–H groups in total. The lowest BCUT2D eigenvalue weighted by molar-refractivity contribution is 0.0505. The zero-order valence-electron chi connectivity index (χ0n) is 19.3. The van der Waals surface area contributed by atoms with Crippen LogP contribution in [0.5, 0.6) is 0 Å². The second-order valence-electron chi connectivity index (χ2n) is 7.76. The van der Waals surface area contributed by atoms with E-state index in [1.54, 1.807) is 6.92 Å². The van der Waals surface area contributed by atoms with Gasteiger partial charge in [0.2, 0.25) is 0 Å². The van der Waals surface area contributed by atoms with Crippen LogP contribution >= 0.6 is 11.3 Å². The Balaban J connectivity index is 1.66. The van der Waals surface area contributed by atoms with E-state index in [1.165, 1.54) is 54.6 Å². The molecule has 0 aliphatic carbocycles. The van der Waals surface area contributed by atoms with E-state index in [1.807, 2.05) is 6.92 Å². The largest absolute Gasteiger partial charge is 0.462 e. The summed E-state index contributed by atoms with van der Waals surface area (Å²) in [6.07, 6.45) is 0.698. The highest BCUT2D eigenvalue weighted by atomic mass is 32.1. The molecule has 0 saturated heterocycles. The van der Waals surface area contributed by atoms with Gasteiger partial charge in [-0.1, -0.05) is 18.3 Å². The summed E-state index contributed by atoms with van der Waals surface area (Å²) in [4.78, 5) is 55.5. The van der Waals surface area contributed by atoms with E-state index in [2.05, 4.69) is 15.6 Å². The Kier molecular flexibility index (Phi) is 7.20. The van der Waals surface area contributed by atoms with Crippen molar-refractivity contribution < 1.29 is 23.5 Å². The van der Waals surface area contributed by atoms with Crippen LogP contribution in [0.25, 0.3) is 4.96 Å². The summed E-state index contributed by atoms with van der Waals surface area (Å²) in [6, 6.07) is 12.4. The molecule has 0 unspecified atom stereocenters. The smallest absolute Gasteiger partial charge is 0.338 e. The molecule has 36 heavy (non-hydrogen) atoms. The molecule has 2 aromatic carbocycles. The molecule has 11 heteroatoms. The number of carbonyl (C=O) groups excluding carboxylic acids is 3. The number of esters is 1. The number of aromatic nitrogens is 2. The minimum Gasteiger partial charge on any atom is -0.462 e. The van der Waals surface area contributed by atoms with Gasteiger partial charge in [-0.25, -0.2) is 18.6 Å². The van der Waals surface area contributed by atoms with Gasteiger partial charge < -0.3 is 15.4 Å². The van der Waals surface area contributed by atoms with Crippen molar-refractivity contribution in [2.45, 2.75) is 20.3 Å². The molecule has 0 spiro atoms. The van der Waals surface area contributed by atoms with Crippen molar-refractivity contribution in [3.63, 3.8) is 0 Å². The summed E-state index contributed by atoms with van der Waals surface area (Å²) in [6.45, 7) is 3.82. The van der Waals surface area contributed by atoms with Gasteiger partial charge in [-0.3, -0.25) is 14.4 Å². The van der Waals surface area contributed by atoms with Crippen LogP contribution in [-0.2, 0) is 4.74 Å². The van der Waals surface area contributed by atoms with Crippen molar-refractivity contribution in [1.82, 2.24) is 9.38 Å². The Hall–Kier alpha value is -4.38. The minimum absolute atomic E-state index is 0.0451. The number of halogens is 1. The van der Waals surface area contributed by atoms with Gasteiger partial charge in [-0.05, 0) is 61.9 Å².